The fraction of sp³-hybridized carbons (Fsp3) is 0.545. The van der Waals surface area contributed by atoms with E-state index in [0.29, 0.717) is 35.1 Å². The first kappa shape index (κ1) is 21.5. The lowest BCUT2D eigenvalue weighted by Crippen LogP contribution is -2.40. The van der Waals surface area contributed by atoms with Gasteiger partial charge in [-0.1, -0.05) is 25.4 Å². The Morgan fingerprint density at radius 1 is 1.40 bits per heavy atom. The highest BCUT2D eigenvalue weighted by molar-refractivity contribution is 7.71. The highest BCUT2D eigenvalue weighted by atomic mass is 35.5. The van der Waals surface area contributed by atoms with Crippen LogP contribution in [0.25, 0.3) is 0 Å². The van der Waals surface area contributed by atoms with Gasteiger partial charge in [-0.2, -0.15) is 0 Å². The molecule has 2 aliphatic rings. The van der Waals surface area contributed by atoms with Crippen molar-refractivity contribution < 1.29 is 13.9 Å². The smallest absolute Gasteiger partial charge is 0.226 e. The van der Waals surface area contributed by atoms with E-state index in [1.165, 1.54) is 6.07 Å². The molecule has 2 aliphatic heterocycles. The maximum Gasteiger partial charge on any atom is 0.226 e. The Bertz CT molecular complexity index is 1040. The van der Waals surface area contributed by atoms with Gasteiger partial charge in [-0.3, -0.25) is 4.79 Å². The van der Waals surface area contributed by atoms with E-state index in [1.54, 1.807) is 12.1 Å². The second kappa shape index (κ2) is 8.09. The second-order valence-corrected chi connectivity index (χ2v) is 9.46. The van der Waals surface area contributed by atoms with Crippen molar-refractivity contribution in [2.45, 2.75) is 57.0 Å². The van der Waals surface area contributed by atoms with Gasteiger partial charge in [0.15, 0.2) is 4.77 Å². The van der Waals surface area contributed by atoms with Crippen molar-refractivity contribution in [1.82, 2.24) is 14.5 Å². The van der Waals surface area contributed by atoms with E-state index >= 15 is 0 Å². The van der Waals surface area contributed by atoms with E-state index in [-0.39, 0.29) is 30.1 Å². The number of hydrogen-bond donors (Lipinski definition) is 1. The number of benzene rings is 1. The molecule has 5 nitrogen and oxygen atoms in total. The van der Waals surface area contributed by atoms with Crippen LogP contribution in [0.3, 0.4) is 0 Å². The highest BCUT2D eigenvalue weighted by Gasteiger charge is 2.46. The minimum absolute atomic E-state index is 0.0179. The number of amides is 1. The quantitative estimate of drug-likeness (QED) is 0.706. The molecular formula is C22H27ClFN3O2S. The topological polar surface area (TPSA) is 48.2 Å². The lowest BCUT2D eigenvalue weighted by molar-refractivity contribution is -0.121. The maximum absolute atomic E-state index is 14.7. The highest BCUT2D eigenvalue weighted by Crippen LogP contribution is 2.48. The minimum Gasteiger partial charge on any atom is -0.381 e. The number of ether oxygens (including phenoxy) is 1. The minimum atomic E-state index is -0.502. The van der Waals surface area contributed by atoms with Crippen LogP contribution in [0.4, 0.5) is 4.39 Å². The van der Waals surface area contributed by atoms with Gasteiger partial charge in [0.25, 0.3) is 0 Å². The summed E-state index contributed by atoms with van der Waals surface area (Å²) in [4.78, 5) is 12.8. The Kier molecular flexibility index (Phi) is 5.81. The van der Waals surface area contributed by atoms with Crippen LogP contribution in [0.5, 0.6) is 0 Å². The van der Waals surface area contributed by atoms with Gasteiger partial charge in [0, 0.05) is 60.6 Å². The molecule has 8 heteroatoms. The summed E-state index contributed by atoms with van der Waals surface area (Å²) in [5.74, 6) is -0.316. The Hall–Kier alpha value is -1.70. The van der Waals surface area contributed by atoms with Gasteiger partial charge in [-0.25, -0.2) is 4.39 Å². The van der Waals surface area contributed by atoms with Crippen molar-refractivity contribution >= 4 is 29.7 Å². The van der Waals surface area contributed by atoms with Gasteiger partial charge in [0.05, 0.1) is 6.42 Å². The molecule has 0 radical (unpaired) electrons. The van der Waals surface area contributed by atoms with E-state index in [1.807, 2.05) is 18.5 Å². The molecule has 3 heterocycles. The van der Waals surface area contributed by atoms with Crippen LogP contribution >= 0.6 is 23.8 Å². The van der Waals surface area contributed by atoms with E-state index < -0.39 is 5.41 Å². The predicted molar refractivity (Wildman–Crippen MR) is 117 cm³/mol. The second-order valence-electron chi connectivity index (χ2n) is 8.65. The summed E-state index contributed by atoms with van der Waals surface area (Å²) in [7, 11) is 1.90. The molecule has 4 rings (SSSR count). The largest absolute Gasteiger partial charge is 0.381 e. The summed E-state index contributed by atoms with van der Waals surface area (Å²) in [5.41, 5.74) is 1.98. The van der Waals surface area contributed by atoms with Gasteiger partial charge >= 0.3 is 0 Å². The van der Waals surface area contributed by atoms with E-state index in [4.69, 9.17) is 28.6 Å². The maximum atomic E-state index is 14.7. The van der Waals surface area contributed by atoms with Crippen molar-refractivity contribution in [2.24, 2.45) is 7.05 Å². The van der Waals surface area contributed by atoms with E-state index in [0.717, 1.165) is 24.2 Å². The van der Waals surface area contributed by atoms with Crippen LogP contribution < -0.4 is 5.32 Å². The summed E-state index contributed by atoms with van der Waals surface area (Å²) in [6.45, 7) is 6.03. The van der Waals surface area contributed by atoms with E-state index in [2.05, 4.69) is 16.8 Å². The van der Waals surface area contributed by atoms with Crippen molar-refractivity contribution in [1.29, 1.82) is 0 Å². The van der Waals surface area contributed by atoms with Crippen LogP contribution in [-0.4, -0.2) is 34.3 Å². The fourth-order valence-corrected chi connectivity index (χ4v) is 5.31. The number of hydrogen-bond acceptors (Lipinski definition) is 3. The molecule has 2 atom stereocenters. The van der Waals surface area contributed by atoms with Crippen LogP contribution in [-0.2, 0) is 35.0 Å². The molecule has 1 aromatic heterocycles. The van der Waals surface area contributed by atoms with Crippen molar-refractivity contribution in [3.63, 3.8) is 0 Å². The normalized spacial score (nSPS) is 24.1. The average Bonchev–Trinajstić information content (AvgIpc) is 3.11. The summed E-state index contributed by atoms with van der Waals surface area (Å²) in [6.07, 6.45) is 1.92. The number of nitrogens with zero attached hydrogens (tertiary/aromatic N) is 2. The van der Waals surface area contributed by atoms with Crippen molar-refractivity contribution in [2.75, 3.05) is 13.2 Å². The number of fused-ring (bicyclic) bond motifs is 1. The fourth-order valence-electron chi connectivity index (χ4n) is 4.87. The van der Waals surface area contributed by atoms with Gasteiger partial charge in [-0.15, -0.1) is 0 Å². The number of carbonyl (C=O) groups excluding carboxylic acids is 1. The van der Waals surface area contributed by atoms with Gasteiger partial charge in [-0.05, 0) is 48.8 Å². The monoisotopic (exact) mass is 451 g/mol. The van der Waals surface area contributed by atoms with Crippen LogP contribution in [0.15, 0.2) is 18.2 Å². The van der Waals surface area contributed by atoms with Crippen molar-refractivity contribution in [3.8, 4) is 0 Å². The molecule has 1 aromatic carbocycles. The van der Waals surface area contributed by atoms with Crippen molar-refractivity contribution in [3.05, 3.63) is 50.8 Å². The first-order valence-electron chi connectivity index (χ1n) is 10.3. The van der Waals surface area contributed by atoms with Crippen LogP contribution in [0.2, 0.25) is 5.02 Å². The Labute approximate surface area is 186 Å². The Morgan fingerprint density at radius 2 is 2.10 bits per heavy atom. The Balaban J connectivity index is 1.65. The first-order chi connectivity index (χ1) is 14.2. The first-order valence-corrected chi connectivity index (χ1v) is 11.1. The third kappa shape index (κ3) is 3.61. The number of rotatable bonds is 4. The Morgan fingerprint density at radius 3 is 2.80 bits per heavy atom. The van der Waals surface area contributed by atoms with Gasteiger partial charge < -0.3 is 19.2 Å². The van der Waals surface area contributed by atoms with Gasteiger partial charge in [0.1, 0.15) is 5.82 Å². The molecule has 1 fully saturated rings. The average molecular weight is 452 g/mol. The van der Waals surface area contributed by atoms with E-state index in [9.17, 15) is 9.18 Å². The lowest BCUT2D eigenvalue weighted by Gasteiger charge is -2.30. The van der Waals surface area contributed by atoms with Gasteiger partial charge in [0.2, 0.25) is 5.91 Å². The zero-order valence-corrected chi connectivity index (χ0v) is 19.1. The third-order valence-electron chi connectivity index (χ3n) is 6.82. The van der Waals surface area contributed by atoms with Crippen LogP contribution in [0.1, 0.15) is 49.6 Å². The number of aromatic nitrogens is 2. The SMILES string of the molecule is C[C@H]1c2c(CC(=O)NC3CCOCC3)n(C)c(=S)n2C[C@]1(C)c1cc(Cl)ccc1F. The summed E-state index contributed by atoms with van der Waals surface area (Å²) in [5, 5.41) is 3.64. The number of halogens is 2. The predicted octanol–water partition coefficient (Wildman–Crippen LogP) is 4.26. The third-order valence-corrected chi connectivity index (χ3v) is 7.55. The summed E-state index contributed by atoms with van der Waals surface area (Å²) >= 11 is 11.9. The molecule has 30 heavy (non-hydrogen) atoms. The molecule has 0 saturated carbocycles. The molecule has 0 bridgehead atoms. The van der Waals surface area contributed by atoms with Crippen LogP contribution in [0, 0.1) is 10.6 Å². The number of imidazole rings is 1. The molecule has 1 saturated heterocycles. The number of carbonyl (C=O) groups is 1. The molecular weight excluding hydrogens is 425 g/mol. The summed E-state index contributed by atoms with van der Waals surface area (Å²) < 4.78 is 24.7. The standard InChI is InChI=1S/C22H27ClFN3O2S/c1-13-20-18(11-19(28)25-15-6-8-29-9-7-15)26(3)21(30)27(20)12-22(13,2)16-10-14(23)4-5-17(16)24/h4-5,10,13,15H,6-9,11-12H2,1-3H3,(H,25,28)/t13-,22-/m0/s1. The molecule has 0 spiro atoms. The molecule has 162 valence electrons. The molecule has 1 amide bonds. The molecule has 2 aromatic rings. The molecule has 0 unspecified atom stereocenters. The summed E-state index contributed by atoms with van der Waals surface area (Å²) in [6, 6.07) is 4.84. The zero-order valence-electron chi connectivity index (χ0n) is 17.5. The zero-order chi connectivity index (χ0) is 21.6. The molecule has 1 N–H and O–H groups in total. The molecule has 0 aliphatic carbocycles. The number of nitrogens with one attached hydrogen (secondary N) is 1. The lowest BCUT2D eigenvalue weighted by atomic mass is 9.73.